The van der Waals surface area contributed by atoms with Gasteiger partial charge in [-0.3, -0.25) is 4.79 Å². The highest BCUT2D eigenvalue weighted by molar-refractivity contribution is 7.89. The maximum absolute atomic E-state index is 12.8. The lowest BCUT2D eigenvalue weighted by Gasteiger charge is -2.38. The van der Waals surface area contributed by atoms with E-state index < -0.39 is 16.1 Å². The summed E-state index contributed by atoms with van der Waals surface area (Å²) < 4.78 is 27.7. The standard InChI is InChI=1S/C19H26N4O3S/c1-14(2)22-9-6-16(7-10-22)23-11-8-18(19(23)24)21-27(25,26)17-5-3-4-15(12-17)13-20/h3-5,12,14,16,18,21H,6-11H2,1-2H3/t18-/m0/s1. The minimum atomic E-state index is -3.84. The van der Waals surface area contributed by atoms with Gasteiger partial charge in [-0.25, -0.2) is 8.42 Å². The molecule has 1 atom stereocenters. The second-order valence-electron chi connectivity index (χ2n) is 7.49. The highest BCUT2D eigenvalue weighted by Crippen LogP contribution is 2.24. The second kappa shape index (κ2) is 7.97. The molecule has 27 heavy (non-hydrogen) atoms. The monoisotopic (exact) mass is 390 g/mol. The number of amides is 1. The molecule has 2 saturated heterocycles. The van der Waals surface area contributed by atoms with Gasteiger partial charge in [0.05, 0.1) is 16.5 Å². The van der Waals surface area contributed by atoms with E-state index in [1.807, 2.05) is 11.0 Å². The zero-order chi connectivity index (χ0) is 19.6. The lowest BCUT2D eigenvalue weighted by molar-refractivity contribution is -0.131. The average molecular weight is 391 g/mol. The minimum absolute atomic E-state index is 0.0121. The van der Waals surface area contributed by atoms with Crippen molar-refractivity contribution in [2.75, 3.05) is 19.6 Å². The van der Waals surface area contributed by atoms with Gasteiger partial charge in [-0.15, -0.1) is 0 Å². The third-order valence-corrected chi connectivity index (χ3v) is 6.95. The Morgan fingerprint density at radius 2 is 1.89 bits per heavy atom. The van der Waals surface area contributed by atoms with Gasteiger partial charge in [0.1, 0.15) is 6.04 Å². The smallest absolute Gasteiger partial charge is 0.241 e. The van der Waals surface area contributed by atoms with Crippen molar-refractivity contribution < 1.29 is 13.2 Å². The molecular weight excluding hydrogens is 364 g/mol. The van der Waals surface area contributed by atoms with Gasteiger partial charge in [-0.1, -0.05) is 6.07 Å². The van der Waals surface area contributed by atoms with Crippen LogP contribution in [0.3, 0.4) is 0 Å². The average Bonchev–Trinajstić information content (AvgIpc) is 3.01. The topological polar surface area (TPSA) is 93.5 Å². The van der Waals surface area contributed by atoms with Crippen LogP contribution in [0.4, 0.5) is 0 Å². The van der Waals surface area contributed by atoms with E-state index in [0.29, 0.717) is 19.0 Å². The lowest BCUT2D eigenvalue weighted by atomic mass is 10.0. The van der Waals surface area contributed by atoms with Crippen molar-refractivity contribution in [1.82, 2.24) is 14.5 Å². The largest absolute Gasteiger partial charge is 0.338 e. The van der Waals surface area contributed by atoms with Crippen molar-refractivity contribution in [3.8, 4) is 6.07 Å². The predicted octanol–water partition coefficient (Wildman–Crippen LogP) is 1.31. The van der Waals surface area contributed by atoms with Gasteiger partial charge in [0.15, 0.2) is 0 Å². The van der Waals surface area contributed by atoms with Crippen molar-refractivity contribution in [3.05, 3.63) is 29.8 Å². The van der Waals surface area contributed by atoms with E-state index in [1.54, 1.807) is 6.07 Å². The van der Waals surface area contributed by atoms with E-state index in [4.69, 9.17) is 5.26 Å². The molecule has 8 heteroatoms. The first-order chi connectivity index (χ1) is 12.8. The summed E-state index contributed by atoms with van der Waals surface area (Å²) in [6.07, 6.45) is 2.32. The molecule has 1 amide bonds. The molecule has 3 rings (SSSR count). The number of carbonyl (C=O) groups excluding carboxylic acids is 1. The number of carbonyl (C=O) groups is 1. The number of hydrogen-bond donors (Lipinski definition) is 1. The molecule has 1 N–H and O–H groups in total. The molecular formula is C19H26N4O3S. The second-order valence-corrected chi connectivity index (χ2v) is 9.21. The SMILES string of the molecule is CC(C)N1CCC(N2CC[C@H](NS(=O)(=O)c3cccc(C#N)c3)C2=O)CC1. The van der Waals surface area contributed by atoms with Gasteiger partial charge in [0.2, 0.25) is 15.9 Å². The first kappa shape index (κ1) is 19.8. The Morgan fingerprint density at radius 3 is 2.52 bits per heavy atom. The highest BCUT2D eigenvalue weighted by atomic mass is 32.2. The molecule has 0 bridgehead atoms. The van der Waals surface area contributed by atoms with Crippen LogP contribution in [0.5, 0.6) is 0 Å². The predicted molar refractivity (Wildman–Crippen MR) is 101 cm³/mol. The summed E-state index contributed by atoms with van der Waals surface area (Å²) in [5, 5.41) is 8.96. The molecule has 0 unspecified atom stereocenters. The first-order valence-corrected chi connectivity index (χ1v) is 10.9. The maximum atomic E-state index is 12.8. The van der Waals surface area contributed by atoms with E-state index in [0.717, 1.165) is 25.9 Å². The molecule has 0 aromatic heterocycles. The number of nitriles is 1. The van der Waals surface area contributed by atoms with E-state index in [1.165, 1.54) is 18.2 Å². The van der Waals surface area contributed by atoms with Crippen molar-refractivity contribution in [2.45, 2.75) is 56.1 Å². The van der Waals surface area contributed by atoms with E-state index in [9.17, 15) is 13.2 Å². The van der Waals surface area contributed by atoms with Crippen LogP contribution in [-0.2, 0) is 14.8 Å². The minimum Gasteiger partial charge on any atom is -0.338 e. The number of nitrogens with zero attached hydrogens (tertiary/aromatic N) is 3. The lowest BCUT2D eigenvalue weighted by Crippen LogP contribution is -2.49. The van der Waals surface area contributed by atoms with Crippen molar-refractivity contribution >= 4 is 15.9 Å². The number of nitrogens with one attached hydrogen (secondary N) is 1. The summed E-state index contributed by atoms with van der Waals surface area (Å²) in [6.45, 7) is 6.85. The Bertz CT molecular complexity index is 839. The first-order valence-electron chi connectivity index (χ1n) is 9.39. The van der Waals surface area contributed by atoms with Gasteiger partial charge in [-0.05, 0) is 51.3 Å². The van der Waals surface area contributed by atoms with E-state index in [2.05, 4.69) is 23.5 Å². The van der Waals surface area contributed by atoms with Crippen LogP contribution >= 0.6 is 0 Å². The number of sulfonamides is 1. The third-order valence-electron chi connectivity index (χ3n) is 5.48. The zero-order valence-corrected chi connectivity index (χ0v) is 16.6. The van der Waals surface area contributed by atoms with Gasteiger partial charge >= 0.3 is 0 Å². The summed E-state index contributed by atoms with van der Waals surface area (Å²) in [5.74, 6) is -0.141. The van der Waals surface area contributed by atoms with Gasteiger partial charge < -0.3 is 9.80 Å². The quantitative estimate of drug-likeness (QED) is 0.818. The molecule has 2 aliphatic rings. The molecule has 146 valence electrons. The van der Waals surface area contributed by atoms with E-state index >= 15 is 0 Å². The van der Waals surface area contributed by atoms with Crippen LogP contribution in [0.25, 0.3) is 0 Å². The number of benzene rings is 1. The molecule has 2 heterocycles. The van der Waals surface area contributed by atoms with Crippen LogP contribution < -0.4 is 4.72 Å². The fourth-order valence-electron chi connectivity index (χ4n) is 3.88. The van der Waals surface area contributed by atoms with E-state index in [-0.39, 0.29) is 22.4 Å². The maximum Gasteiger partial charge on any atom is 0.241 e. The molecule has 0 saturated carbocycles. The molecule has 7 nitrogen and oxygen atoms in total. The summed E-state index contributed by atoms with van der Waals surface area (Å²) >= 11 is 0. The van der Waals surface area contributed by atoms with Crippen LogP contribution in [0.1, 0.15) is 38.7 Å². The Kier molecular flexibility index (Phi) is 5.84. The fourth-order valence-corrected chi connectivity index (χ4v) is 5.15. The van der Waals surface area contributed by atoms with Crippen molar-refractivity contribution in [1.29, 1.82) is 5.26 Å². The van der Waals surface area contributed by atoms with Crippen LogP contribution in [0.15, 0.2) is 29.2 Å². The Hall–Kier alpha value is -1.95. The van der Waals surface area contributed by atoms with Crippen molar-refractivity contribution in [3.63, 3.8) is 0 Å². The zero-order valence-electron chi connectivity index (χ0n) is 15.8. The molecule has 1 aromatic carbocycles. The van der Waals surface area contributed by atoms with Gasteiger partial charge in [0, 0.05) is 31.7 Å². The number of likely N-dealkylation sites (tertiary alicyclic amines) is 2. The van der Waals surface area contributed by atoms with Gasteiger partial charge in [0.25, 0.3) is 0 Å². The fraction of sp³-hybridized carbons (Fsp3) is 0.579. The molecule has 2 fully saturated rings. The molecule has 0 radical (unpaired) electrons. The van der Waals surface area contributed by atoms with Crippen LogP contribution in [0, 0.1) is 11.3 Å². The summed E-state index contributed by atoms with van der Waals surface area (Å²) in [6, 6.07) is 7.71. The van der Waals surface area contributed by atoms with Gasteiger partial charge in [-0.2, -0.15) is 9.98 Å². The molecule has 2 aliphatic heterocycles. The Labute approximate surface area is 161 Å². The van der Waals surface area contributed by atoms with Crippen molar-refractivity contribution in [2.24, 2.45) is 0 Å². The molecule has 0 spiro atoms. The Morgan fingerprint density at radius 1 is 1.19 bits per heavy atom. The number of hydrogen-bond acceptors (Lipinski definition) is 5. The van der Waals surface area contributed by atoms with Crippen LogP contribution in [0.2, 0.25) is 0 Å². The Balaban J connectivity index is 1.64. The molecule has 1 aromatic rings. The highest BCUT2D eigenvalue weighted by Gasteiger charge is 2.39. The summed E-state index contributed by atoms with van der Waals surface area (Å²) in [4.78, 5) is 17.0. The van der Waals surface area contributed by atoms with Crippen LogP contribution in [-0.4, -0.2) is 61.9 Å². The summed E-state index contributed by atoms with van der Waals surface area (Å²) in [7, 11) is -3.84. The number of piperidine rings is 1. The number of rotatable bonds is 5. The normalized spacial score (nSPS) is 22.4. The summed E-state index contributed by atoms with van der Waals surface area (Å²) in [5.41, 5.74) is 0.272. The molecule has 0 aliphatic carbocycles. The third kappa shape index (κ3) is 4.32.